The number of fused-ring (bicyclic) bond motifs is 1. The van der Waals surface area contributed by atoms with Gasteiger partial charge in [0.05, 0.1) is 0 Å². The molecule has 3 nitrogen and oxygen atoms in total. The van der Waals surface area contributed by atoms with Gasteiger partial charge in [-0.25, -0.2) is 4.79 Å². The molecule has 3 aromatic carbocycles. The van der Waals surface area contributed by atoms with Crippen LogP contribution in [0, 0.1) is 0 Å². The van der Waals surface area contributed by atoms with E-state index in [1.165, 1.54) is 6.07 Å². The molecule has 0 aliphatic heterocycles. The van der Waals surface area contributed by atoms with Gasteiger partial charge in [0.2, 0.25) is 0 Å². The smallest absolute Gasteiger partial charge is 0.336 e. The summed E-state index contributed by atoms with van der Waals surface area (Å²) in [6.45, 7) is 3.93. The van der Waals surface area contributed by atoms with Crippen LogP contribution in [0.15, 0.2) is 101 Å². The van der Waals surface area contributed by atoms with Crippen molar-refractivity contribution in [1.29, 1.82) is 0 Å². The van der Waals surface area contributed by atoms with Gasteiger partial charge in [-0.1, -0.05) is 66.7 Å². The van der Waals surface area contributed by atoms with Crippen LogP contribution in [0.4, 0.5) is 0 Å². The molecule has 0 saturated carbocycles. The number of allylic oxidation sites excluding steroid dienone is 1. The summed E-state index contributed by atoms with van der Waals surface area (Å²) in [4.78, 5) is 12.3. The van der Waals surface area contributed by atoms with Crippen molar-refractivity contribution in [3.05, 3.63) is 113 Å². The molecule has 1 aromatic heterocycles. The van der Waals surface area contributed by atoms with Crippen LogP contribution in [0.5, 0.6) is 5.75 Å². The third kappa shape index (κ3) is 3.04. The Kier molecular flexibility index (Phi) is 4.35. The first kappa shape index (κ1) is 16.9. The second kappa shape index (κ2) is 6.96. The zero-order chi connectivity index (χ0) is 18.8. The third-order valence-electron chi connectivity index (χ3n) is 4.72. The first-order valence-electron chi connectivity index (χ1n) is 8.71. The maximum absolute atomic E-state index is 12.3. The SMILES string of the molecule is C=CC(c1ccccc1)c1c(O)ccc2c(-c3ccccc3)cc(=O)oc12. The quantitative estimate of drug-likeness (QED) is 0.390. The van der Waals surface area contributed by atoms with E-state index in [2.05, 4.69) is 6.58 Å². The van der Waals surface area contributed by atoms with Crippen LogP contribution < -0.4 is 5.63 Å². The van der Waals surface area contributed by atoms with Crippen LogP contribution in [0.2, 0.25) is 0 Å². The maximum atomic E-state index is 12.3. The summed E-state index contributed by atoms with van der Waals surface area (Å²) >= 11 is 0. The Hall–Kier alpha value is -3.59. The zero-order valence-electron chi connectivity index (χ0n) is 14.6. The van der Waals surface area contributed by atoms with Crippen molar-refractivity contribution < 1.29 is 9.52 Å². The van der Waals surface area contributed by atoms with Gasteiger partial charge in [0.1, 0.15) is 11.3 Å². The summed E-state index contributed by atoms with van der Waals surface area (Å²) < 4.78 is 5.58. The topological polar surface area (TPSA) is 50.4 Å². The van der Waals surface area contributed by atoms with Gasteiger partial charge in [0.15, 0.2) is 0 Å². The lowest BCUT2D eigenvalue weighted by atomic mass is 9.88. The van der Waals surface area contributed by atoms with E-state index in [4.69, 9.17) is 4.42 Å². The van der Waals surface area contributed by atoms with Crippen LogP contribution in [0.3, 0.4) is 0 Å². The summed E-state index contributed by atoms with van der Waals surface area (Å²) in [5, 5.41) is 11.4. The van der Waals surface area contributed by atoms with Gasteiger partial charge >= 0.3 is 5.63 Å². The molecule has 1 heterocycles. The lowest BCUT2D eigenvalue weighted by molar-refractivity contribution is 0.464. The Morgan fingerprint density at radius 2 is 1.59 bits per heavy atom. The van der Waals surface area contributed by atoms with Gasteiger partial charge in [0.25, 0.3) is 0 Å². The highest BCUT2D eigenvalue weighted by atomic mass is 16.4. The molecule has 132 valence electrons. The molecule has 4 rings (SSSR count). The highest BCUT2D eigenvalue weighted by Crippen LogP contribution is 2.39. The second-order valence-electron chi connectivity index (χ2n) is 6.34. The van der Waals surface area contributed by atoms with E-state index in [0.717, 1.165) is 22.1 Å². The number of hydrogen-bond acceptors (Lipinski definition) is 3. The average molecular weight is 354 g/mol. The molecule has 1 atom stereocenters. The Bertz CT molecular complexity index is 1160. The minimum atomic E-state index is -0.455. The molecule has 0 spiro atoms. The Morgan fingerprint density at radius 3 is 2.26 bits per heavy atom. The molecule has 1 N–H and O–H groups in total. The molecule has 0 radical (unpaired) electrons. The molecule has 27 heavy (non-hydrogen) atoms. The summed E-state index contributed by atoms with van der Waals surface area (Å²) in [5.41, 5.74) is 3.13. The van der Waals surface area contributed by atoms with E-state index in [-0.39, 0.29) is 11.7 Å². The van der Waals surface area contributed by atoms with E-state index in [0.29, 0.717) is 11.1 Å². The zero-order valence-corrected chi connectivity index (χ0v) is 14.6. The van der Waals surface area contributed by atoms with Crippen LogP contribution >= 0.6 is 0 Å². The van der Waals surface area contributed by atoms with Crippen LogP contribution in [0.1, 0.15) is 17.0 Å². The lowest BCUT2D eigenvalue weighted by Gasteiger charge is -2.17. The monoisotopic (exact) mass is 354 g/mol. The maximum Gasteiger partial charge on any atom is 0.336 e. The van der Waals surface area contributed by atoms with Gasteiger partial charge in [0, 0.05) is 22.9 Å². The fraction of sp³-hybridized carbons (Fsp3) is 0.0417. The van der Waals surface area contributed by atoms with E-state index in [9.17, 15) is 9.90 Å². The second-order valence-corrected chi connectivity index (χ2v) is 6.34. The average Bonchev–Trinajstić information content (AvgIpc) is 2.71. The first-order valence-corrected chi connectivity index (χ1v) is 8.71. The standard InChI is InChI=1S/C24H18O3/c1-2-18(16-9-5-3-6-10-16)23-21(25)14-13-19-20(15-22(26)27-24(19)23)17-11-7-4-8-12-17/h2-15,18,25H,1H2. The predicted molar refractivity (Wildman–Crippen MR) is 108 cm³/mol. The van der Waals surface area contributed by atoms with Crippen molar-refractivity contribution in [3.63, 3.8) is 0 Å². The number of aromatic hydroxyl groups is 1. The molecule has 0 bridgehead atoms. The fourth-order valence-electron chi connectivity index (χ4n) is 3.47. The summed E-state index contributed by atoms with van der Waals surface area (Å²) in [5.74, 6) is -0.228. The van der Waals surface area contributed by atoms with E-state index >= 15 is 0 Å². The van der Waals surface area contributed by atoms with Gasteiger partial charge in [-0.05, 0) is 28.8 Å². The largest absolute Gasteiger partial charge is 0.507 e. The third-order valence-corrected chi connectivity index (χ3v) is 4.72. The van der Waals surface area contributed by atoms with Gasteiger partial charge < -0.3 is 9.52 Å². The number of phenols is 1. The van der Waals surface area contributed by atoms with Crippen molar-refractivity contribution in [2.45, 2.75) is 5.92 Å². The van der Waals surface area contributed by atoms with Gasteiger partial charge in [-0.2, -0.15) is 0 Å². The van der Waals surface area contributed by atoms with E-state index in [1.807, 2.05) is 60.7 Å². The van der Waals surface area contributed by atoms with Crippen molar-refractivity contribution in [3.8, 4) is 16.9 Å². The summed E-state index contributed by atoms with van der Waals surface area (Å²) in [6.07, 6.45) is 1.75. The fourth-order valence-corrected chi connectivity index (χ4v) is 3.47. The summed E-state index contributed by atoms with van der Waals surface area (Å²) in [6, 6.07) is 24.3. The highest BCUT2D eigenvalue weighted by Gasteiger charge is 2.21. The minimum Gasteiger partial charge on any atom is -0.507 e. The molecule has 0 saturated heterocycles. The normalized spacial score (nSPS) is 12.0. The minimum absolute atomic E-state index is 0.0737. The van der Waals surface area contributed by atoms with E-state index in [1.54, 1.807) is 18.2 Å². The predicted octanol–water partition coefficient (Wildman–Crippen LogP) is 5.48. The molecule has 0 fully saturated rings. The highest BCUT2D eigenvalue weighted by molar-refractivity contribution is 5.96. The van der Waals surface area contributed by atoms with Crippen molar-refractivity contribution in [2.24, 2.45) is 0 Å². The number of rotatable bonds is 4. The van der Waals surface area contributed by atoms with Gasteiger partial charge in [-0.3, -0.25) is 0 Å². The van der Waals surface area contributed by atoms with E-state index < -0.39 is 5.63 Å². The molecule has 3 heteroatoms. The van der Waals surface area contributed by atoms with Crippen LogP contribution in [0.25, 0.3) is 22.1 Å². The lowest BCUT2D eigenvalue weighted by Crippen LogP contribution is -2.04. The Morgan fingerprint density at radius 1 is 0.926 bits per heavy atom. The molecule has 1 unspecified atom stereocenters. The van der Waals surface area contributed by atoms with Crippen LogP contribution in [-0.4, -0.2) is 5.11 Å². The van der Waals surface area contributed by atoms with Crippen molar-refractivity contribution in [2.75, 3.05) is 0 Å². The number of hydrogen-bond donors (Lipinski definition) is 1. The first-order chi connectivity index (χ1) is 13.2. The molecular formula is C24H18O3. The number of phenolic OH excluding ortho intramolecular Hbond substituents is 1. The Balaban J connectivity index is 2.05. The Labute approximate surface area is 156 Å². The molecule has 4 aromatic rings. The molecule has 0 aliphatic carbocycles. The molecular weight excluding hydrogens is 336 g/mol. The van der Waals surface area contributed by atoms with Crippen molar-refractivity contribution in [1.82, 2.24) is 0 Å². The molecule has 0 amide bonds. The van der Waals surface area contributed by atoms with Gasteiger partial charge in [-0.15, -0.1) is 6.58 Å². The number of benzene rings is 3. The van der Waals surface area contributed by atoms with Crippen molar-refractivity contribution >= 4 is 11.0 Å². The van der Waals surface area contributed by atoms with Crippen LogP contribution in [-0.2, 0) is 0 Å². The molecule has 0 aliphatic rings. The summed E-state index contributed by atoms with van der Waals surface area (Å²) in [7, 11) is 0.